The summed E-state index contributed by atoms with van der Waals surface area (Å²) in [6.45, 7) is 0.630. The van der Waals surface area contributed by atoms with Crippen LogP contribution in [0.4, 0.5) is 15.4 Å². The van der Waals surface area contributed by atoms with E-state index in [-0.39, 0.29) is 11.8 Å². The average molecular weight is 399 g/mol. The average Bonchev–Trinajstić information content (AvgIpc) is 3.08. The summed E-state index contributed by atoms with van der Waals surface area (Å²) < 4.78 is 7.33. The first-order valence-electron chi connectivity index (χ1n) is 8.57. The molecule has 0 fully saturated rings. The van der Waals surface area contributed by atoms with E-state index in [0.717, 1.165) is 23.1 Å². The van der Waals surface area contributed by atoms with E-state index in [0.29, 0.717) is 18.0 Å². The lowest BCUT2D eigenvalue weighted by molar-refractivity contribution is -0.242. The minimum absolute atomic E-state index is 0.114. The van der Waals surface area contributed by atoms with Crippen LogP contribution in [0.15, 0.2) is 48.8 Å². The smallest absolute Gasteiger partial charge is 0.326 e. The fourth-order valence-electron chi connectivity index (χ4n) is 2.64. The van der Waals surface area contributed by atoms with Gasteiger partial charge in [-0.05, 0) is 48.8 Å². The van der Waals surface area contributed by atoms with Crippen molar-refractivity contribution in [1.82, 2.24) is 14.9 Å². The summed E-state index contributed by atoms with van der Waals surface area (Å²) in [5.41, 5.74) is 0.767. The Morgan fingerprint density at radius 1 is 1.21 bits per heavy atom. The first-order chi connectivity index (χ1) is 13.6. The fourth-order valence-corrected chi connectivity index (χ4v) is 3.07. The number of anilines is 1. The van der Waals surface area contributed by atoms with Gasteiger partial charge in [0.15, 0.2) is 0 Å². The van der Waals surface area contributed by atoms with Crippen molar-refractivity contribution in [2.24, 2.45) is 0 Å². The number of rotatable bonds is 7. The normalized spacial score (nSPS) is 10.6. The molecule has 1 aromatic carbocycles. The minimum Gasteiger partial charge on any atom is -0.530 e. The third-order valence-corrected chi connectivity index (χ3v) is 4.58. The topological polar surface area (TPSA) is 108 Å². The van der Waals surface area contributed by atoms with Crippen LogP contribution in [0.25, 0.3) is 10.9 Å². The molecular formula is C19H19N4O4S-. The summed E-state index contributed by atoms with van der Waals surface area (Å²) in [6.07, 6.45) is 4.65. The van der Waals surface area contributed by atoms with Gasteiger partial charge in [0.25, 0.3) is 0 Å². The number of ether oxygens (including phenoxy) is 1. The van der Waals surface area contributed by atoms with Crippen LogP contribution >= 0.6 is 11.8 Å². The van der Waals surface area contributed by atoms with Crippen molar-refractivity contribution >= 4 is 40.6 Å². The van der Waals surface area contributed by atoms with Gasteiger partial charge in [-0.2, -0.15) is 11.8 Å². The molecule has 0 saturated heterocycles. The number of thioether (sulfide) groups is 1. The predicted molar refractivity (Wildman–Crippen MR) is 107 cm³/mol. The molecule has 0 atom stereocenters. The van der Waals surface area contributed by atoms with Gasteiger partial charge in [-0.1, -0.05) is 0 Å². The Balaban J connectivity index is 1.71. The van der Waals surface area contributed by atoms with Crippen LogP contribution in [0.5, 0.6) is 11.5 Å². The molecule has 3 rings (SSSR count). The van der Waals surface area contributed by atoms with Crippen LogP contribution in [0.3, 0.4) is 0 Å². The Hall–Kier alpha value is -3.20. The first kappa shape index (κ1) is 19.6. The fraction of sp³-hybridized carbons (Fsp3) is 0.211. The lowest BCUT2D eigenvalue weighted by Gasteiger charge is -2.10. The molecule has 28 heavy (non-hydrogen) atoms. The Bertz CT molecular complexity index is 989. The summed E-state index contributed by atoms with van der Waals surface area (Å²) >= 11 is 1.75. The van der Waals surface area contributed by atoms with Crippen molar-refractivity contribution in [3.8, 4) is 11.5 Å². The molecule has 8 nitrogen and oxygen atoms in total. The predicted octanol–water partition coefficient (Wildman–Crippen LogP) is 2.89. The molecule has 0 radical (unpaired) electrons. The number of hydrogen-bond acceptors (Lipinski definition) is 6. The second-order valence-corrected chi connectivity index (χ2v) is 6.86. The summed E-state index contributed by atoms with van der Waals surface area (Å²) in [6, 6.07) is 10.1. The minimum atomic E-state index is -1.45. The number of aromatic nitrogens is 2. The van der Waals surface area contributed by atoms with Gasteiger partial charge >= 0.3 is 6.03 Å². The van der Waals surface area contributed by atoms with Crippen molar-refractivity contribution in [2.75, 3.05) is 23.9 Å². The van der Waals surface area contributed by atoms with Crippen molar-refractivity contribution in [3.05, 3.63) is 48.8 Å². The van der Waals surface area contributed by atoms with Gasteiger partial charge in [-0.3, -0.25) is 4.57 Å². The number of hydrogen-bond donors (Lipinski definition) is 2. The maximum atomic E-state index is 12.3. The molecule has 2 N–H and O–H groups in total. The zero-order valence-corrected chi connectivity index (χ0v) is 16.0. The Morgan fingerprint density at radius 3 is 2.82 bits per heavy atom. The van der Waals surface area contributed by atoms with Gasteiger partial charge < -0.3 is 25.3 Å². The van der Waals surface area contributed by atoms with Gasteiger partial charge in [0, 0.05) is 30.4 Å². The summed E-state index contributed by atoms with van der Waals surface area (Å²) in [5.74, 6) is 2.09. The second-order valence-electron chi connectivity index (χ2n) is 5.88. The molecule has 2 amide bonds. The molecule has 0 bridgehead atoms. The molecule has 146 valence electrons. The number of carbonyl (C=O) groups excluding carboxylic acids is 2. The van der Waals surface area contributed by atoms with E-state index in [4.69, 9.17) is 4.74 Å². The highest BCUT2D eigenvalue weighted by Gasteiger charge is 2.09. The first-order valence-corrected chi connectivity index (χ1v) is 9.96. The van der Waals surface area contributed by atoms with Crippen LogP contribution in [0.1, 0.15) is 6.42 Å². The standard InChI is InChI=1S/C19H20N4O4S/c1-28-10-2-7-21-18(24)23-9-6-13-11-14(3-4-16(13)23)27-15-5-8-20-17(12-15)22-19(25)26/h3-6,8-9,11-12H,2,7,10H2,1H3,(H,20,22)(H,21,24)(H,25,26)/p-1. The monoisotopic (exact) mass is 399 g/mol. The zero-order valence-electron chi connectivity index (χ0n) is 15.2. The molecule has 3 aromatic rings. The molecule has 0 unspecified atom stereocenters. The number of carboxylic acid groups (broad SMARTS) is 1. The van der Waals surface area contributed by atoms with Crippen LogP contribution in [-0.2, 0) is 0 Å². The SMILES string of the molecule is CSCCCNC(=O)n1ccc2cc(Oc3ccnc(NC(=O)[O-])c3)ccc21. The highest BCUT2D eigenvalue weighted by atomic mass is 32.2. The number of carbonyl (C=O) groups is 2. The molecule has 0 aliphatic carbocycles. The summed E-state index contributed by atoms with van der Waals surface area (Å²) in [5, 5.41) is 16.4. The van der Waals surface area contributed by atoms with Crippen LogP contribution in [0, 0.1) is 0 Å². The van der Waals surface area contributed by atoms with Crippen LogP contribution in [-0.4, -0.2) is 40.2 Å². The van der Waals surface area contributed by atoms with E-state index >= 15 is 0 Å². The number of benzene rings is 1. The van der Waals surface area contributed by atoms with E-state index in [1.165, 1.54) is 12.3 Å². The third-order valence-electron chi connectivity index (χ3n) is 3.88. The summed E-state index contributed by atoms with van der Waals surface area (Å²) in [7, 11) is 0. The maximum Gasteiger partial charge on any atom is 0.326 e. The number of fused-ring (bicyclic) bond motifs is 1. The van der Waals surface area contributed by atoms with Crippen molar-refractivity contribution < 1.29 is 19.4 Å². The Kier molecular flexibility index (Phi) is 6.38. The van der Waals surface area contributed by atoms with Crippen molar-refractivity contribution in [2.45, 2.75) is 6.42 Å². The van der Waals surface area contributed by atoms with Gasteiger partial charge in [0.1, 0.15) is 23.4 Å². The second kappa shape index (κ2) is 9.14. The number of amides is 2. The summed E-state index contributed by atoms with van der Waals surface area (Å²) in [4.78, 5) is 26.8. The Labute approximate surface area is 165 Å². The van der Waals surface area contributed by atoms with Gasteiger partial charge in [0.2, 0.25) is 0 Å². The molecule has 0 spiro atoms. The maximum absolute atomic E-state index is 12.3. The highest BCUT2D eigenvalue weighted by Crippen LogP contribution is 2.27. The highest BCUT2D eigenvalue weighted by molar-refractivity contribution is 7.98. The molecule has 0 saturated carbocycles. The van der Waals surface area contributed by atoms with E-state index in [9.17, 15) is 14.7 Å². The molecule has 2 aromatic heterocycles. The van der Waals surface area contributed by atoms with Gasteiger partial charge in [-0.25, -0.2) is 9.78 Å². The Morgan fingerprint density at radius 2 is 2.04 bits per heavy atom. The van der Waals surface area contributed by atoms with Crippen molar-refractivity contribution in [3.63, 3.8) is 0 Å². The number of nitrogens with one attached hydrogen (secondary N) is 2. The lowest BCUT2D eigenvalue weighted by Crippen LogP contribution is -2.29. The molecule has 9 heteroatoms. The molecular weight excluding hydrogens is 380 g/mol. The van der Waals surface area contributed by atoms with E-state index in [1.807, 2.05) is 12.3 Å². The third kappa shape index (κ3) is 4.95. The van der Waals surface area contributed by atoms with E-state index < -0.39 is 6.09 Å². The van der Waals surface area contributed by atoms with Crippen LogP contribution < -0.4 is 20.5 Å². The zero-order chi connectivity index (χ0) is 19.9. The van der Waals surface area contributed by atoms with Gasteiger partial charge in [-0.15, -0.1) is 0 Å². The largest absolute Gasteiger partial charge is 0.530 e. The van der Waals surface area contributed by atoms with Gasteiger partial charge in [0.05, 0.1) is 5.52 Å². The van der Waals surface area contributed by atoms with E-state index in [2.05, 4.69) is 15.6 Å². The van der Waals surface area contributed by atoms with E-state index in [1.54, 1.807) is 46.8 Å². The lowest BCUT2D eigenvalue weighted by atomic mass is 10.2. The number of pyridine rings is 1. The molecule has 0 aliphatic heterocycles. The quantitative estimate of drug-likeness (QED) is 0.592. The molecule has 0 aliphatic rings. The molecule has 2 heterocycles. The van der Waals surface area contributed by atoms with Crippen molar-refractivity contribution in [1.29, 1.82) is 0 Å². The number of nitrogens with zero attached hydrogens (tertiary/aromatic N) is 2. The van der Waals surface area contributed by atoms with Crippen LogP contribution in [0.2, 0.25) is 0 Å².